The number of benzene rings is 2. The van der Waals surface area contributed by atoms with Crippen LogP contribution < -0.4 is 5.56 Å². The van der Waals surface area contributed by atoms with Gasteiger partial charge in [0.2, 0.25) is 0 Å². The maximum absolute atomic E-state index is 12.9. The number of aromatic nitrogens is 2. The molecule has 9 nitrogen and oxygen atoms in total. The first-order valence-corrected chi connectivity index (χ1v) is 12.2. The Morgan fingerprint density at radius 2 is 1.76 bits per heavy atom. The number of hydrogen-bond acceptors (Lipinski definition) is 7. The van der Waals surface area contributed by atoms with Gasteiger partial charge in [0, 0.05) is 18.5 Å². The minimum absolute atomic E-state index is 0.0357. The van der Waals surface area contributed by atoms with E-state index >= 15 is 0 Å². The molecule has 1 fully saturated rings. The van der Waals surface area contributed by atoms with Crippen molar-refractivity contribution in [1.29, 1.82) is 0 Å². The number of amides is 1. The van der Waals surface area contributed by atoms with Crippen LogP contribution in [0.3, 0.4) is 0 Å². The number of nitrogens with zero attached hydrogens (tertiary/aromatic N) is 3. The van der Waals surface area contributed by atoms with Gasteiger partial charge in [0.25, 0.3) is 11.5 Å². The van der Waals surface area contributed by atoms with Crippen LogP contribution in [-0.4, -0.2) is 66.2 Å². The molecule has 0 radical (unpaired) electrons. The van der Waals surface area contributed by atoms with Gasteiger partial charge in [-0.15, -0.1) is 0 Å². The van der Waals surface area contributed by atoms with Crippen LogP contribution in [-0.2, 0) is 25.9 Å². The van der Waals surface area contributed by atoms with Crippen LogP contribution in [0.25, 0.3) is 10.8 Å². The molecular weight excluding hydrogens is 446 g/mol. The normalized spacial score (nSPS) is 17.1. The third kappa shape index (κ3) is 4.95. The molecule has 0 aliphatic carbocycles. The number of ether oxygens (including phenoxy) is 1. The van der Waals surface area contributed by atoms with Gasteiger partial charge in [-0.1, -0.05) is 48.5 Å². The highest BCUT2D eigenvalue weighted by Gasteiger charge is 2.33. The maximum Gasteiger partial charge on any atom is 0.359 e. The first-order valence-electron chi connectivity index (χ1n) is 10.4. The number of likely N-dealkylation sites (N-methyl/N-ethyl adjacent to an activating group) is 1. The van der Waals surface area contributed by atoms with Crippen molar-refractivity contribution in [3.8, 4) is 0 Å². The van der Waals surface area contributed by atoms with Crippen LogP contribution in [0.15, 0.2) is 59.4 Å². The number of esters is 1. The van der Waals surface area contributed by atoms with Gasteiger partial charge < -0.3 is 9.64 Å². The highest BCUT2D eigenvalue weighted by Crippen LogP contribution is 2.18. The Kier molecular flexibility index (Phi) is 6.28. The van der Waals surface area contributed by atoms with Crippen LogP contribution in [0.2, 0.25) is 0 Å². The molecule has 1 unspecified atom stereocenters. The Morgan fingerprint density at radius 3 is 2.42 bits per heavy atom. The van der Waals surface area contributed by atoms with Crippen molar-refractivity contribution in [2.24, 2.45) is 0 Å². The third-order valence-corrected chi connectivity index (χ3v) is 7.46. The minimum atomic E-state index is -3.15. The molecule has 0 N–H and O–H groups in total. The average Bonchev–Trinajstić information content (AvgIpc) is 3.18. The first kappa shape index (κ1) is 22.7. The number of hydrogen-bond donors (Lipinski definition) is 0. The molecule has 1 atom stereocenters. The zero-order valence-electron chi connectivity index (χ0n) is 18.0. The van der Waals surface area contributed by atoms with Gasteiger partial charge in [-0.25, -0.2) is 17.9 Å². The average molecular weight is 470 g/mol. The second kappa shape index (κ2) is 9.14. The van der Waals surface area contributed by atoms with E-state index in [1.807, 2.05) is 30.3 Å². The van der Waals surface area contributed by atoms with E-state index in [0.29, 0.717) is 17.2 Å². The number of carbonyl (C=O) groups is 2. The summed E-state index contributed by atoms with van der Waals surface area (Å²) in [6, 6.07) is 15.4. The largest absolute Gasteiger partial charge is 0.451 e. The molecule has 3 aromatic rings. The van der Waals surface area contributed by atoms with Crippen LogP contribution in [0.5, 0.6) is 0 Å². The number of carbonyl (C=O) groups excluding carboxylic acids is 2. The molecule has 1 aromatic heterocycles. The van der Waals surface area contributed by atoms with E-state index in [2.05, 4.69) is 5.10 Å². The second-order valence-electron chi connectivity index (χ2n) is 7.98. The van der Waals surface area contributed by atoms with Crippen molar-refractivity contribution in [3.05, 3.63) is 76.2 Å². The van der Waals surface area contributed by atoms with Gasteiger partial charge in [-0.3, -0.25) is 9.59 Å². The lowest BCUT2D eigenvalue weighted by atomic mass is 10.1. The summed E-state index contributed by atoms with van der Waals surface area (Å²) in [5.74, 6) is -1.41. The zero-order valence-corrected chi connectivity index (χ0v) is 18.8. The zero-order chi connectivity index (χ0) is 23.6. The van der Waals surface area contributed by atoms with Crippen molar-refractivity contribution in [3.63, 3.8) is 0 Å². The molecule has 4 rings (SSSR count). The highest BCUT2D eigenvalue weighted by molar-refractivity contribution is 7.91. The van der Waals surface area contributed by atoms with Crippen molar-refractivity contribution >= 4 is 32.5 Å². The minimum Gasteiger partial charge on any atom is -0.451 e. The molecule has 0 saturated carbocycles. The Hall–Kier alpha value is -3.53. The Labute approximate surface area is 190 Å². The van der Waals surface area contributed by atoms with Gasteiger partial charge in [0.1, 0.15) is 0 Å². The summed E-state index contributed by atoms with van der Waals surface area (Å²) in [5, 5.41) is 4.89. The summed E-state index contributed by atoms with van der Waals surface area (Å²) >= 11 is 0. The van der Waals surface area contributed by atoms with Crippen molar-refractivity contribution in [2.75, 3.05) is 25.2 Å². The molecule has 1 aliphatic rings. The van der Waals surface area contributed by atoms with Gasteiger partial charge in [0.05, 0.1) is 23.4 Å². The molecule has 0 bridgehead atoms. The molecule has 0 spiro atoms. The summed E-state index contributed by atoms with van der Waals surface area (Å²) < 4.78 is 29.8. The Bertz CT molecular complexity index is 1370. The Morgan fingerprint density at radius 1 is 1.09 bits per heavy atom. The van der Waals surface area contributed by atoms with E-state index in [1.165, 1.54) is 16.6 Å². The summed E-state index contributed by atoms with van der Waals surface area (Å²) in [7, 11) is -1.66. The topological polar surface area (TPSA) is 116 Å². The molecule has 2 heterocycles. The number of fused-ring (bicyclic) bond motifs is 1. The SMILES string of the molecule is CN(C(=O)COC(=O)c1nn(Cc2ccccc2)c(=O)c2ccccc12)C1CCS(=O)(=O)C1. The van der Waals surface area contributed by atoms with E-state index < -0.39 is 34.4 Å². The van der Waals surface area contributed by atoms with Crippen molar-refractivity contribution in [2.45, 2.75) is 19.0 Å². The van der Waals surface area contributed by atoms with E-state index in [9.17, 15) is 22.8 Å². The number of rotatable bonds is 6. The predicted molar refractivity (Wildman–Crippen MR) is 122 cm³/mol. The molecule has 1 aliphatic heterocycles. The summed E-state index contributed by atoms with van der Waals surface area (Å²) in [6.45, 7) is -0.387. The summed E-state index contributed by atoms with van der Waals surface area (Å²) in [5.41, 5.74) is 0.425. The lowest BCUT2D eigenvalue weighted by Gasteiger charge is -2.23. The molecular formula is C23H23N3O6S. The molecule has 1 saturated heterocycles. The summed E-state index contributed by atoms with van der Waals surface area (Å²) in [4.78, 5) is 39.5. The first-order chi connectivity index (χ1) is 15.7. The predicted octanol–water partition coefficient (Wildman–Crippen LogP) is 1.25. The molecule has 172 valence electrons. The second-order valence-corrected chi connectivity index (χ2v) is 10.2. The van der Waals surface area contributed by atoms with Crippen molar-refractivity contribution in [1.82, 2.24) is 14.7 Å². The lowest BCUT2D eigenvalue weighted by Crippen LogP contribution is -2.40. The summed E-state index contributed by atoms with van der Waals surface area (Å²) in [6.07, 6.45) is 0.356. The fraction of sp³-hybridized carbons (Fsp3) is 0.304. The van der Waals surface area contributed by atoms with E-state index in [1.54, 1.807) is 24.3 Å². The fourth-order valence-electron chi connectivity index (χ4n) is 3.83. The molecule has 2 aromatic carbocycles. The quantitative estimate of drug-likeness (QED) is 0.499. The molecule has 10 heteroatoms. The van der Waals surface area contributed by atoms with Crippen LogP contribution in [0, 0.1) is 0 Å². The van der Waals surface area contributed by atoms with Gasteiger partial charge in [-0.2, -0.15) is 5.10 Å². The standard InChI is InChI=1S/C23H23N3O6S/c1-25(17-11-12-33(30,31)15-17)20(27)14-32-23(29)21-18-9-5-6-10-19(18)22(28)26(24-21)13-16-7-3-2-4-8-16/h2-10,17H,11-15H2,1H3. The van der Waals surface area contributed by atoms with Crippen LogP contribution >= 0.6 is 0 Å². The molecule has 33 heavy (non-hydrogen) atoms. The van der Waals surface area contributed by atoms with Crippen LogP contribution in [0.1, 0.15) is 22.5 Å². The molecule has 1 amide bonds. The van der Waals surface area contributed by atoms with Crippen LogP contribution in [0.4, 0.5) is 0 Å². The number of sulfone groups is 1. The smallest absolute Gasteiger partial charge is 0.359 e. The van der Waals surface area contributed by atoms with Gasteiger partial charge in [-0.05, 0) is 18.1 Å². The van der Waals surface area contributed by atoms with Gasteiger partial charge >= 0.3 is 5.97 Å². The lowest BCUT2D eigenvalue weighted by molar-refractivity contribution is -0.134. The van der Waals surface area contributed by atoms with E-state index in [4.69, 9.17) is 4.74 Å². The van der Waals surface area contributed by atoms with Gasteiger partial charge in [0.15, 0.2) is 22.1 Å². The van der Waals surface area contributed by atoms with E-state index in [-0.39, 0.29) is 29.3 Å². The monoisotopic (exact) mass is 469 g/mol. The fourth-order valence-corrected chi connectivity index (χ4v) is 5.61. The third-order valence-electron chi connectivity index (χ3n) is 5.71. The van der Waals surface area contributed by atoms with E-state index in [0.717, 1.165) is 5.56 Å². The highest BCUT2D eigenvalue weighted by atomic mass is 32.2. The van der Waals surface area contributed by atoms with Crippen molar-refractivity contribution < 1.29 is 22.7 Å². The Balaban J connectivity index is 1.55. The maximum atomic E-state index is 12.9.